The summed E-state index contributed by atoms with van der Waals surface area (Å²) < 4.78 is 7.58. The molecule has 0 radical (unpaired) electrons. The summed E-state index contributed by atoms with van der Waals surface area (Å²) in [5, 5.41) is 5.80. The van der Waals surface area contributed by atoms with E-state index in [-0.39, 0.29) is 17.9 Å². The third-order valence-corrected chi connectivity index (χ3v) is 5.84. The largest absolute Gasteiger partial charge is 0.368 e. The van der Waals surface area contributed by atoms with E-state index in [0.717, 1.165) is 35.5 Å². The number of nitrogens with zero attached hydrogens (tertiary/aromatic N) is 1. The lowest BCUT2D eigenvalue weighted by molar-refractivity contribution is -0.124. The molecule has 166 valence electrons. The topological polar surface area (TPSA) is 72.4 Å². The highest BCUT2D eigenvalue weighted by atomic mass is 16.5. The molecule has 6 nitrogen and oxygen atoms in total. The van der Waals surface area contributed by atoms with E-state index in [1.54, 1.807) is 24.3 Å². The predicted octanol–water partition coefficient (Wildman–Crippen LogP) is 4.70. The van der Waals surface area contributed by atoms with E-state index in [1.807, 2.05) is 6.92 Å². The van der Waals surface area contributed by atoms with Gasteiger partial charge in [-0.3, -0.25) is 9.59 Å². The number of hydrogen-bond donors (Lipinski definition) is 2. The van der Waals surface area contributed by atoms with Crippen LogP contribution in [-0.2, 0) is 20.7 Å². The van der Waals surface area contributed by atoms with Crippen molar-refractivity contribution in [2.75, 3.05) is 17.2 Å². The Morgan fingerprint density at radius 3 is 2.25 bits per heavy atom. The fourth-order valence-corrected chi connectivity index (χ4v) is 4.12. The lowest BCUT2D eigenvalue weighted by atomic mass is 10.1. The monoisotopic (exact) mass is 431 g/mol. The normalized spacial score (nSPS) is 15.5. The van der Waals surface area contributed by atoms with Gasteiger partial charge in [0.15, 0.2) is 0 Å². The number of rotatable bonds is 6. The van der Waals surface area contributed by atoms with E-state index in [2.05, 4.69) is 59.4 Å². The fourth-order valence-electron chi connectivity index (χ4n) is 4.12. The average molecular weight is 432 g/mol. The summed E-state index contributed by atoms with van der Waals surface area (Å²) in [6.45, 7) is 6.80. The van der Waals surface area contributed by atoms with Crippen LogP contribution < -0.4 is 10.6 Å². The fraction of sp³-hybridized carbons (Fsp3) is 0.308. The third kappa shape index (κ3) is 4.92. The first-order valence-corrected chi connectivity index (χ1v) is 11.0. The number of carbonyl (C=O) groups excluding carboxylic acids is 2. The van der Waals surface area contributed by atoms with Crippen LogP contribution in [0.25, 0.3) is 5.69 Å². The molecule has 6 heteroatoms. The van der Waals surface area contributed by atoms with Gasteiger partial charge in [-0.2, -0.15) is 0 Å². The summed E-state index contributed by atoms with van der Waals surface area (Å²) in [5.41, 5.74) is 6.85. The number of amides is 2. The number of anilines is 2. The first kappa shape index (κ1) is 21.8. The van der Waals surface area contributed by atoms with Crippen molar-refractivity contribution in [3.63, 3.8) is 0 Å². The van der Waals surface area contributed by atoms with Gasteiger partial charge in [0.2, 0.25) is 5.91 Å². The maximum atomic E-state index is 12.7. The Balaban J connectivity index is 1.38. The minimum atomic E-state index is -0.367. The first-order chi connectivity index (χ1) is 15.4. The van der Waals surface area contributed by atoms with Gasteiger partial charge in [-0.05, 0) is 81.6 Å². The Morgan fingerprint density at radius 2 is 1.62 bits per heavy atom. The molecule has 1 aromatic heterocycles. The summed E-state index contributed by atoms with van der Waals surface area (Å²) in [6.07, 6.45) is 1.59. The zero-order chi connectivity index (χ0) is 22.7. The van der Waals surface area contributed by atoms with E-state index in [0.29, 0.717) is 24.4 Å². The summed E-state index contributed by atoms with van der Waals surface area (Å²) in [6, 6.07) is 17.6. The van der Waals surface area contributed by atoms with Crippen LogP contribution in [-0.4, -0.2) is 29.1 Å². The molecule has 2 amide bonds. The highest BCUT2D eigenvalue weighted by molar-refractivity contribution is 5.95. The number of aromatic nitrogens is 1. The Morgan fingerprint density at radius 1 is 0.969 bits per heavy atom. The average Bonchev–Trinajstić information content (AvgIpc) is 3.39. The van der Waals surface area contributed by atoms with Gasteiger partial charge in [0.25, 0.3) is 5.91 Å². The van der Waals surface area contributed by atoms with Crippen molar-refractivity contribution < 1.29 is 14.3 Å². The SMILES string of the molecule is Cc1ccc(-n2c(C)cc(CC(=O)Nc3ccc(NC(=O)C4CCCO4)cc3)c2C)cc1. The molecule has 1 unspecified atom stereocenters. The highest BCUT2D eigenvalue weighted by Gasteiger charge is 2.23. The third-order valence-electron chi connectivity index (χ3n) is 5.84. The summed E-state index contributed by atoms with van der Waals surface area (Å²) in [4.78, 5) is 24.8. The van der Waals surface area contributed by atoms with Gasteiger partial charge in [0.05, 0.1) is 6.42 Å². The van der Waals surface area contributed by atoms with Crippen LogP contribution in [0.3, 0.4) is 0 Å². The zero-order valence-corrected chi connectivity index (χ0v) is 18.8. The van der Waals surface area contributed by atoms with E-state index < -0.39 is 0 Å². The van der Waals surface area contributed by atoms with Crippen molar-refractivity contribution >= 4 is 23.2 Å². The second kappa shape index (κ2) is 9.40. The van der Waals surface area contributed by atoms with Gasteiger partial charge in [-0.25, -0.2) is 0 Å². The second-order valence-corrected chi connectivity index (χ2v) is 8.36. The molecule has 0 aliphatic carbocycles. The standard InChI is InChI=1S/C26H29N3O3/c1-17-6-12-23(13-7-17)29-18(2)15-20(19(29)3)16-25(30)27-21-8-10-22(11-9-21)28-26(31)24-5-4-14-32-24/h6-13,15,24H,4-5,14,16H2,1-3H3,(H,27,30)(H,28,31). The number of aryl methyl sites for hydroxylation is 2. The van der Waals surface area contributed by atoms with Gasteiger partial charge >= 0.3 is 0 Å². The Hall–Kier alpha value is -3.38. The van der Waals surface area contributed by atoms with Crippen LogP contribution in [0.15, 0.2) is 54.6 Å². The quantitative estimate of drug-likeness (QED) is 0.594. The molecule has 0 bridgehead atoms. The van der Waals surface area contributed by atoms with E-state index >= 15 is 0 Å². The van der Waals surface area contributed by atoms with Gasteiger partial charge in [-0.15, -0.1) is 0 Å². The minimum absolute atomic E-state index is 0.0784. The molecule has 0 spiro atoms. The highest BCUT2D eigenvalue weighted by Crippen LogP contribution is 2.22. The molecule has 0 saturated carbocycles. The van der Waals surface area contributed by atoms with Crippen LogP contribution in [0.2, 0.25) is 0 Å². The van der Waals surface area contributed by atoms with Crippen molar-refractivity contribution in [3.8, 4) is 5.69 Å². The molecular formula is C26H29N3O3. The molecule has 32 heavy (non-hydrogen) atoms. The number of nitrogens with one attached hydrogen (secondary N) is 2. The number of carbonyl (C=O) groups is 2. The molecule has 3 aromatic rings. The van der Waals surface area contributed by atoms with E-state index in [1.165, 1.54) is 5.56 Å². The minimum Gasteiger partial charge on any atom is -0.368 e. The van der Waals surface area contributed by atoms with Crippen molar-refractivity contribution in [2.24, 2.45) is 0 Å². The molecule has 1 aliphatic heterocycles. The summed E-state index contributed by atoms with van der Waals surface area (Å²) in [7, 11) is 0. The molecule has 1 fully saturated rings. The van der Waals surface area contributed by atoms with Crippen molar-refractivity contribution in [3.05, 3.63) is 77.1 Å². The van der Waals surface area contributed by atoms with Gasteiger partial charge in [-0.1, -0.05) is 17.7 Å². The van der Waals surface area contributed by atoms with Crippen LogP contribution in [0.5, 0.6) is 0 Å². The number of benzene rings is 2. The molecule has 1 atom stereocenters. The van der Waals surface area contributed by atoms with Crippen LogP contribution in [0, 0.1) is 20.8 Å². The summed E-state index contributed by atoms with van der Waals surface area (Å²) in [5.74, 6) is -0.200. The molecule has 4 rings (SSSR count). The first-order valence-electron chi connectivity index (χ1n) is 11.0. The number of ether oxygens (including phenoxy) is 1. The molecular weight excluding hydrogens is 402 g/mol. The molecule has 2 aromatic carbocycles. The molecule has 2 N–H and O–H groups in total. The smallest absolute Gasteiger partial charge is 0.253 e. The Labute approximate surface area is 188 Å². The van der Waals surface area contributed by atoms with Crippen molar-refractivity contribution in [1.82, 2.24) is 4.57 Å². The Kier molecular flexibility index (Phi) is 6.42. The maximum Gasteiger partial charge on any atom is 0.253 e. The molecule has 2 heterocycles. The Bertz CT molecular complexity index is 1110. The summed E-state index contributed by atoms with van der Waals surface area (Å²) >= 11 is 0. The van der Waals surface area contributed by atoms with E-state index in [9.17, 15) is 9.59 Å². The lowest BCUT2D eigenvalue weighted by Crippen LogP contribution is -2.26. The van der Waals surface area contributed by atoms with Crippen LogP contribution in [0.4, 0.5) is 11.4 Å². The maximum absolute atomic E-state index is 12.7. The van der Waals surface area contributed by atoms with Crippen molar-refractivity contribution in [1.29, 1.82) is 0 Å². The van der Waals surface area contributed by atoms with Crippen LogP contribution >= 0.6 is 0 Å². The zero-order valence-electron chi connectivity index (χ0n) is 18.8. The van der Waals surface area contributed by atoms with Gasteiger partial charge in [0.1, 0.15) is 6.10 Å². The van der Waals surface area contributed by atoms with Gasteiger partial charge < -0.3 is 19.9 Å². The molecule has 1 saturated heterocycles. The van der Waals surface area contributed by atoms with E-state index in [4.69, 9.17) is 4.74 Å². The van der Waals surface area contributed by atoms with Crippen molar-refractivity contribution in [2.45, 2.75) is 46.1 Å². The predicted molar refractivity (Wildman–Crippen MR) is 126 cm³/mol. The lowest BCUT2D eigenvalue weighted by Gasteiger charge is -2.12. The van der Waals surface area contributed by atoms with Gasteiger partial charge in [0, 0.05) is 35.1 Å². The molecule has 1 aliphatic rings. The van der Waals surface area contributed by atoms with Crippen LogP contribution in [0.1, 0.15) is 35.4 Å². The number of hydrogen-bond acceptors (Lipinski definition) is 3. The second-order valence-electron chi connectivity index (χ2n) is 8.36.